The van der Waals surface area contributed by atoms with Crippen molar-refractivity contribution in [3.05, 3.63) is 64.3 Å². The van der Waals surface area contributed by atoms with Crippen molar-refractivity contribution >= 4 is 51.9 Å². The minimum absolute atomic E-state index is 0.105. The standard InChI is InChI=1S/C19H15FN2O3S2/c1-11-8-14(23)6-7-15(11)21-17(24)10-22-18(25)16(27-19(22)26)9-12-2-4-13(20)5-3-12/h2-9,23H,10H2,1H3,(H,21,24)/b16-9-. The maximum absolute atomic E-state index is 13.0. The molecule has 0 unspecified atom stereocenters. The smallest absolute Gasteiger partial charge is 0.266 e. The molecular weight excluding hydrogens is 387 g/mol. The lowest BCUT2D eigenvalue weighted by molar-refractivity contribution is -0.126. The highest BCUT2D eigenvalue weighted by atomic mass is 32.2. The topological polar surface area (TPSA) is 69.6 Å². The zero-order chi connectivity index (χ0) is 19.6. The van der Waals surface area contributed by atoms with Crippen LogP contribution in [0.15, 0.2) is 47.4 Å². The SMILES string of the molecule is Cc1cc(O)ccc1NC(=O)CN1C(=O)/C(=C/c2ccc(F)cc2)SC1=S. The van der Waals surface area contributed by atoms with Crippen LogP contribution in [0.5, 0.6) is 5.75 Å². The molecule has 2 amide bonds. The molecule has 3 rings (SSSR count). The number of aromatic hydroxyl groups is 1. The lowest BCUT2D eigenvalue weighted by atomic mass is 10.2. The molecule has 1 fully saturated rings. The Morgan fingerprint density at radius 1 is 1.30 bits per heavy atom. The number of nitrogens with zero attached hydrogens (tertiary/aromatic N) is 1. The molecule has 0 aliphatic carbocycles. The molecule has 0 aromatic heterocycles. The van der Waals surface area contributed by atoms with Gasteiger partial charge in [0.25, 0.3) is 5.91 Å². The van der Waals surface area contributed by atoms with Crippen molar-refractivity contribution in [2.24, 2.45) is 0 Å². The van der Waals surface area contributed by atoms with Crippen molar-refractivity contribution in [1.29, 1.82) is 0 Å². The molecule has 1 aliphatic rings. The van der Waals surface area contributed by atoms with E-state index in [0.29, 0.717) is 21.7 Å². The number of anilines is 1. The Bertz CT molecular complexity index is 958. The van der Waals surface area contributed by atoms with Gasteiger partial charge in [-0.05, 0) is 54.5 Å². The van der Waals surface area contributed by atoms with E-state index in [1.54, 1.807) is 31.2 Å². The van der Waals surface area contributed by atoms with Gasteiger partial charge in [-0.15, -0.1) is 0 Å². The number of carbonyl (C=O) groups is 2. The summed E-state index contributed by atoms with van der Waals surface area (Å²) >= 11 is 6.31. The normalized spacial score (nSPS) is 15.5. The predicted molar refractivity (Wildman–Crippen MR) is 108 cm³/mol. The molecule has 0 saturated carbocycles. The molecule has 0 radical (unpaired) electrons. The molecular formula is C19H15FN2O3S2. The Kier molecular flexibility index (Phi) is 5.57. The average Bonchev–Trinajstić information content (AvgIpc) is 2.87. The third-order valence-corrected chi connectivity index (χ3v) is 5.20. The summed E-state index contributed by atoms with van der Waals surface area (Å²) in [7, 11) is 0. The van der Waals surface area contributed by atoms with Gasteiger partial charge in [-0.3, -0.25) is 14.5 Å². The van der Waals surface area contributed by atoms with Crippen LogP contribution in [0.3, 0.4) is 0 Å². The number of halogens is 1. The van der Waals surface area contributed by atoms with Crippen LogP contribution >= 0.6 is 24.0 Å². The maximum atomic E-state index is 13.0. The Morgan fingerprint density at radius 2 is 2.00 bits per heavy atom. The number of phenolic OH excluding ortho intramolecular Hbond substituents is 1. The lowest BCUT2D eigenvalue weighted by Crippen LogP contribution is -2.36. The maximum Gasteiger partial charge on any atom is 0.266 e. The Balaban J connectivity index is 1.69. The fraction of sp³-hybridized carbons (Fsp3) is 0.105. The van der Waals surface area contributed by atoms with Crippen LogP contribution in [0.25, 0.3) is 6.08 Å². The van der Waals surface area contributed by atoms with Gasteiger partial charge in [0.15, 0.2) is 0 Å². The molecule has 0 bridgehead atoms. The number of hydrogen-bond acceptors (Lipinski definition) is 5. The first kappa shape index (κ1) is 19.1. The minimum atomic E-state index is -0.400. The molecule has 0 spiro atoms. The number of hydrogen-bond donors (Lipinski definition) is 2. The van der Waals surface area contributed by atoms with Gasteiger partial charge in [-0.2, -0.15) is 0 Å². The van der Waals surface area contributed by atoms with Crippen LogP contribution in [-0.2, 0) is 9.59 Å². The number of amides is 2. The van der Waals surface area contributed by atoms with Crippen LogP contribution in [0.1, 0.15) is 11.1 Å². The average molecular weight is 402 g/mol. The zero-order valence-corrected chi connectivity index (χ0v) is 15.9. The first-order chi connectivity index (χ1) is 12.8. The number of carbonyl (C=O) groups excluding carboxylic acids is 2. The number of benzene rings is 2. The number of aryl methyl sites for hydroxylation is 1. The van der Waals surface area contributed by atoms with Crippen LogP contribution in [0.4, 0.5) is 10.1 Å². The number of thioether (sulfide) groups is 1. The van der Waals surface area contributed by atoms with Crippen molar-refractivity contribution in [3.63, 3.8) is 0 Å². The van der Waals surface area contributed by atoms with E-state index < -0.39 is 5.91 Å². The second-order valence-electron chi connectivity index (χ2n) is 5.87. The number of nitrogens with one attached hydrogen (secondary N) is 1. The van der Waals surface area contributed by atoms with Gasteiger partial charge in [0, 0.05) is 5.69 Å². The quantitative estimate of drug-likeness (QED) is 0.464. The molecule has 8 heteroatoms. The van der Waals surface area contributed by atoms with E-state index in [1.807, 2.05) is 0 Å². The zero-order valence-electron chi connectivity index (χ0n) is 14.2. The first-order valence-corrected chi connectivity index (χ1v) is 9.16. The van der Waals surface area contributed by atoms with Crippen molar-refractivity contribution in [2.75, 3.05) is 11.9 Å². The van der Waals surface area contributed by atoms with E-state index in [-0.39, 0.29) is 28.3 Å². The van der Waals surface area contributed by atoms with Crippen LogP contribution < -0.4 is 5.32 Å². The lowest BCUT2D eigenvalue weighted by Gasteiger charge is -2.15. The van der Waals surface area contributed by atoms with Gasteiger partial charge in [-0.25, -0.2) is 4.39 Å². The Labute approximate surface area is 164 Å². The molecule has 138 valence electrons. The van der Waals surface area contributed by atoms with Gasteiger partial charge in [-0.1, -0.05) is 36.1 Å². The molecule has 1 saturated heterocycles. The van der Waals surface area contributed by atoms with Crippen molar-refractivity contribution in [3.8, 4) is 5.75 Å². The molecule has 2 N–H and O–H groups in total. The minimum Gasteiger partial charge on any atom is -0.508 e. The predicted octanol–water partition coefficient (Wildman–Crippen LogP) is 3.68. The van der Waals surface area contributed by atoms with Gasteiger partial charge >= 0.3 is 0 Å². The fourth-order valence-electron chi connectivity index (χ4n) is 2.47. The largest absolute Gasteiger partial charge is 0.508 e. The van der Waals surface area contributed by atoms with Crippen LogP contribution in [-0.4, -0.2) is 32.7 Å². The van der Waals surface area contributed by atoms with Crippen LogP contribution in [0.2, 0.25) is 0 Å². The monoisotopic (exact) mass is 402 g/mol. The van der Waals surface area contributed by atoms with E-state index in [9.17, 15) is 19.1 Å². The number of phenols is 1. The highest BCUT2D eigenvalue weighted by molar-refractivity contribution is 8.26. The van der Waals surface area contributed by atoms with Gasteiger partial charge in [0.1, 0.15) is 22.4 Å². The summed E-state index contributed by atoms with van der Waals surface area (Å²) in [5, 5.41) is 12.1. The summed E-state index contributed by atoms with van der Waals surface area (Å²) in [6.45, 7) is 1.53. The first-order valence-electron chi connectivity index (χ1n) is 7.94. The van der Waals surface area contributed by atoms with E-state index in [1.165, 1.54) is 29.2 Å². The fourth-order valence-corrected chi connectivity index (χ4v) is 3.72. The Hall–Kier alpha value is -2.71. The van der Waals surface area contributed by atoms with E-state index in [0.717, 1.165) is 11.8 Å². The Morgan fingerprint density at radius 3 is 2.67 bits per heavy atom. The van der Waals surface area contributed by atoms with Crippen molar-refractivity contribution < 1.29 is 19.1 Å². The summed E-state index contributed by atoms with van der Waals surface area (Å²) < 4.78 is 13.3. The molecule has 27 heavy (non-hydrogen) atoms. The third-order valence-electron chi connectivity index (χ3n) is 3.83. The van der Waals surface area contributed by atoms with Gasteiger partial charge < -0.3 is 10.4 Å². The number of rotatable bonds is 4. The van der Waals surface area contributed by atoms with E-state index in [4.69, 9.17) is 12.2 Å². The molecule has 0 atom stereocenters. The molecule has 5 nitrogen and oxygen atoms in total. The summed E-state index contributed by atoms with van der Waals surface area (Å²) in [6.07, 6.45) is 1.61. The number of thiocarbonyl (C=S) groups is 1. The highest BCUT2D eigenvalue weighted by Crippen LogP contribution is 2.32. The van der Waals surface area contributed by atoms with Gasteiger partial charge in [0.2, 0.25) is 5.91 Å². The summed E-state index contributed by atoms with van der Waals surface area (Å²) in [4.78, 5) is 26.4. The highest BCUT2D eigenvalue weighted by Gasteiger charge is 2.33. The molecule has 2 aromatic rings. The second kappa shape index (κ2) is 7.89. The van der Waals surface area contributed by atoms with E-state index in [2.05, 4.69) is 5.32 Å². The molecule has 2 aromatic carbocycles. The van der Waals surface area contributed by atoms with Crippen molar-refractivity contribution in [2.45, 2.75) is 6.92 Å². The second-order valence-corrected chi connectivity index (χ2v) is 7.54. The molecule has 1 aliphatic heterocycles. The third kappa shape index (κ3) is 4.53. The summed E-state index contributed by atoms with van der Waals surface area (Å²) in [5.74, 6) is -1.02. The summed E-state index contributed by atoms with van der Waals surface area (Å²) in [5.41, 5.74) is 1.91. The van der Waals surface area contributed by atoms with Crippen molar-refractivity contribution in [1.82, 2.24) is 4.90 Å². The van der Waals surface area contributed by atoms with Crippen LogP contribution in [0, 0.1) is 12.7 Å². The molecule has 1 heterocycles. The van der Waals surface area contributed by atoms with E-state index >= 15 is 0 Å². The summed E-state index contributed by atoms with van der Waals surface area (Å²) in [6, 6.07) is 10.3. The van der Waals surface area contributed by atoms with Gasteiger partial charge in [0.05, 0.1) is 4.91 Å².